The van der Waals surface area contributed by atoms with Crippen LogP contribution >= 0.6 is 0 Å². The number of nitrogens with zero attached hydrogens (tertiary/aromatic N) is 2. The molecule has 0 aliphatic carbocycles. The number of H-pyrrole nitrogens is 1. The third kappa shape index (κ3) is 3.31. The number of sulfone groups is 1. The second-order valence-electron chi connectivity index (χ2n) is 5.65. The van der Waals surface area contributed by atoms with Gasteiger partial charge in [-0.1, -0.05) is 0 Å². The molecule has 0 amide bonds. The van der Waals surface area contributed by atoms with Crippen molar-refractivity contribution in [1.82, 2.24) is 15.2 Å². The lowest BCUT2D eigenvalue weighted by Crippen LogP contribution is -2.16. The van der Waals surface area contributed by atoms with Gasteiger partial charge in [-0.2, -0.15) is 5.10 Å². The van der Waals surface area contributed by atoms with Crippen molar-refractivity contribution < 1.29 is 22.7 Å². The molecule has 1 aromatic carbocycles. The number of aromatic carboxylic acids is 1. The predicted octanol–water partition coefficient (Wildman–Crippen LogP) is 1.15. The zero-order chi connectivity index (χ0) is 19.1. The standard InChI is InChI=1S/C16H12FN3O5S/c1-26(24,25)13-3-2-9(19-20-13)4-8-5-10-14(12(17)6-8)18-7-11(15(10)21)16(22)23/h2-3,5-7H,4H2,1H3,(H,18,21)(H,22,23). The van der Waals surface area contributed by atoms with Crippen molar-refractivity contribution >= 4 is 26.7 Å². The van der Waals surface area contributed by atoms with Crippen molar-refractivity contribution in [2.75, 3.05) is 6.26 Å². The van der Waals surface area contributed by atoms with Crippen molar-refractivity contribution in [3.63, 3.8) is 0 Å². The Morgan fingerprint density at radius 2 is 2.00 bits per heavy atom. The first-order valence-corrected chi connectivity index (χ1v) is 9.16. The van der Waals surface area contributed by atoms with E-state index in [4.69, 9.17) is 5.11 Å². The number of rotatable bonds is 4. The second-order valence-corrected chi connectivity index (χ2v) is 7.61. The van der Waals surface area contributed by atoms with Crippen LogP contribution in [0.5, 0.6) is 0 Å². The molecule has 2 heterocycles. The molecule has 3 rings (SSSR count). The summed E-state index contributed by atoms with van der Waals surface area (Å²) in [7, 11) is -3.48. The Morgan fingerprint density at radius 1 is 1.27 bits per heavy atom. The summed E-state index contributed by atoms with van der Waals surface area (Å²) in [5.41, 5.74) is -0.662. The molecule has 0 unspecified atom stereocenters. The van der Waals surface area contributed by atoms with Gasteiger partial charge in [0, 0.05) is 24.3 Å². The predicted molar refractivity (Wildman–Crippen MR) is 89.4 cm³/mol. The van der Waals surface area contributed by atoms with Crippen LogP contribution in [0.15, 0.2) is 40.3 Å². The van der Waals surface area contributed by atoms with Gasteiger partial charge in [0.1, 0.15) is 11.4 Å². The first-order valence-electron chi connectivity index (χ1n) is 7.26. The van der Waals surface area contributed by atoms with E-state index >= 15 is 0 Å². The number of nitrogens with one attached hydrogen (secondary N) is 1. The number of hydrogen-bond acceptors (Lipinski definition) is 6. The van der Waals surface area contributed by atoms with Crippen LogP contribution in [0.4, 0.5) is 4.39 Å². The quantitative estimate of drug-likeness (QED) is 0.697. The summed E-state index contributed by atoms with van der Waals surface area (Å²) in [5, 5.41) is 16.1. The van der Waals surface area contributed by atoms with Crippen LogP contribution < -0.4 is 5.43 Å². The number of fused-ring (bicyclic) bond motifs is 1. The van der Waals surface area contributed by atoms with Gasteiger partial charge in [-0.3, -0.25) is 4.79 Å². The molecule has 0 aliphatic rings. The molecule has 0 saturated heterocycles. The highest BCUT2D eigenvalue weighted by atomic mass is 32.2. The maximum atomic E-state index is 14.2. The number of benzene rings is 1. The average Bonchev–Trinajstić information content (AvgIpc) is 2.55. The smallest absolute Gasteiger partial charge is 0.341 e. The summed E-state index contributed by atoms with van der Waals surface area (Å²) >= 11 is 0. The van der Waals surface area contributed by atoms with Crippen LogP contribution in [0.2, 0.25) is 0 Å². The van der Waals surface area contributed by atoms with E-state index in [1.807, 2.05) is 0 Å². The molecule has 3 aromatic rings. The van der Waals surface area contributed by atoms with Gasteiger partial charge < -0.3 is 10.1 Å². The van der Waals surface area contributed by atoms with Gasteiger partial charge in [-0.25, -0.2) is 17.6 Å². The Balaban J connectivity index is 2.04. The van der Waals surface area contributed by atoms with Crippen LogP contribution in [-0.2, 0) is 16.3 Å². The van der Waals surface area contributed by atoms with Crippen LogP contribution in [0, 0.1) is 5.82 Å². The van der Waals surface area contributed by atoms with Crippen molar-refractivity contribution in [3.05, 3.63) is 63.3 Å². The second kappa shape index (κ2) is 6.30. The van der Waals surface area contributed by atoms with E-state index < -0.39 is 32.6 Å². The molecule has 0 radical (unpaired) electrons. The maximum Gasteiger partial charge on any atom is 0.341 e. The Hall–Kier alpha value is -3.14. The van der Waals surface area contributed by atoms with E-state index in [1.54, 1.807) is 0 Å². The highest BCUT2D eigenvalue weighted by molar-refractivity contribution is 7.90. The number of carboxylic acid groups (broad SMARTS) is 1. The molecule has 8 nitrogen and oxygen atoms in total. The monoisotopic (exact) mass is 377 g/mol. The first kappa shape index (κ1) is 17.7. The van der Waals surface area contributed by atoms with E-state index in [9.17, 15) is 22.4 Å². The molecule has 2 N–H and O–H groups in total. The van der Waals surface area contributed by atoms with Gasteiger partial charge in [-0.05, 0) is 29.8 Å². The molecule has 134 valence electrons. The zero-order valence-corrected chi connectivity index (χ0v) is 14.2. The van der Waals surface area contributed by atoms with Gasteiger partial charge in [0.05, 0.1) is 11.2 Å². The third-order valence-electron chi connectivity index (χ3n) is 3.69. The van der Waals surface area contributed by atoms with E-state index in [2.05, 4.69) is 15.2 Å². The number of carboxylic acids is 1. The lowest BCUT2D eigenvalue weighted by atomic mass is 10.0. The summed E-state index contributed by atoms with van der Waals surface area (Å²) < 4.78 is 37.0. The SMILES string of the molecule is CS(=O)(=O)c1ccc(Cc2cc(F)c3[nH]cc(C(=O)O)c(=O)c3c2)nn1. The fraction of sp³-hybridized carbons (Fsp3) is 0.125. The fourth-order valence-electron chi connectivity index (χ4n) is 2.45. The van der Waals surface area contributed by atoms with Gasteiger partial charge in [0.25, 0.3) is 0 Å². The van der Waals surface area contributed by atoms with E-state index in [1.165, 1.54) is 24.3 Å². The highest BCUT2D eigenvalue weighted by Crippen LogP contribution is 2.18. The Kier molecular flexibility index (Phi) is 4.28. The van der Waals surface area contributed by atoms with Crippen LogP contribution in [0.1, 0.15) is 21.6 Å². The molecule has 0 saturated carbocycles. The molecule has 0 atom stereocenters. The van der Waals surface area contributed by atoms with Gasteiger partial charge >= 0.3 is 5.97 Å². The topological polar surface area (TPSA) is 130 Å². The van der Waals surface area contributed by atoms with Crippen LogP contribution in [0.25, 0.3) is 10.9 Å². The minimum absolute atomic E-state index is 0.0840. The zero-order valence-electron chi connectivity index (χ0n) is 13.4. The van der Waals surface area contributed by atoms with Gasteiger partial charge in [0.15, 0.2) is 14.9 Å². The Bertz CT molecular complexity index is 1190. The number of aromatic nitrogens is 3. The molecular weight excluding hydrogens is 365 g/mol. The first-order chi connectivity index (χ1) is 12.2. The summed E-state index contributed by atoms with van der Waals surface area (Å²) in [5.74, 6) is -2.13. The van der Waals surface area contributed by atoms with Crippen molar-refractivity contribution in [2.45, 2.75) is 11.4 Å². The number of hydrogen-bond donors (Lipinski definition) is 2. The van der Waals surface area contributed by atoms with Gasteiger partial charge in [0.2, 0.25) is 5.43 Å². The number of halogens is 1. The minimum Gasteiger partial charge on any atom is -0.477 e. The van der Waals surface area contributed by atoms with Crippen molar-refractivity contribution in [3.8, 4) is 0 Å². The summed E-state index contributed by atoms with van der Waals surface area (Å²) in [6, 6.07) is 5.27. The van der Waals surface area contributed by atoms with Gasteiger partial charge in [-0.15, -0.1) is 5.10 Å². The highest BCUT2D eigenvalue weighted by Gasteiger charge is 2.15. The normalized spacial score (nSPS) is 11.6. The molecular formula is C16H12FN3O5S. The van der Waals surface area contributed by atoms with Crippen molar-refractivity contribution in [2.24, 2.45) is 0 Å². The number of carbonyl (C=O) groups is 1. The molecule has 0 aliphatic heterocycles. The lowest BCUT2D eigenvalue weighted by molar-refractivity contribution is 0.0695. The van der Waals surface area contributed by atoms with E-state index in [0.717, 1.165) is 12.5 Å². The summed E-state index contributed by atoms with van der Waals surface area (Å²) in [6.45, 7) is 0. The third-order valence-corrected chi connectivity index (χ3v) is 4.67. The molecule has 10 heteroatoms. The molecule has 26 heavy (non-hydrogen) atoms. The molecule has 2 aromatic heterocycles. The number of aromatic amines is 1. The lowest BCUT2D eigenvalue weighted by Gasteiger charge is -2.06. The van der Waals surface area contributed by atoms with Crippen LogP contribution in [0.3, 0.4) is 0 Å². The maximum absolute atomic E-state index is 14.2. The average molecular weight is 377 g/mol. The largest absolute Gasteiger partial charge is 0.477 e. The molecule has 0 spiro atoms. The molecule has 0 bridgehead atoms. The summed E-state index contributed by atoms with van der Waals surface area (Å²) in [4.78, 5) is 25.8. The van der Waals surface area contributed by atoms with Crippen LogP contribution in [-0.4, -0.2) is 40.9 Å². The Labute approximate surface area is 146 Å². The summed E-state index contributed by atoms with van der Waals surface area (Å²) in [6.07, 6.45) is 2.04. The van der Waals surface area contributed by atoms with E-state index in [0.29, 0.717) is 11.3 Å². The van der Waals surface area contributed by atoms with E-state index in [-0.39, 0.29) is 22.3 Å². The fourth-order valence-corrected chi connectivity index (χ4v) is 2.96. The Morgan fingerprint density at radius 3 is 2.58 bits per heavy atom. The minimum atomic E-state index is -3.48. The molecule has 0 fully saturated rings. The number of pyridine rings is 1. The van der Waals surface area contributed by atoms with Crippen molar-refractivity contribution in [1.29, 1.82) is 0 Å².